The van der Waals surface area contributed by atoms with Crippen molar-refractivity contribution in [3.05, 3.63) is 16.1 Å². The van der Waals surface area contributed by atoms with Crippen LogP contribution in [0.4, 0.5) is 4.79 Å². The zero-order valence-electron chi connectivity index (χ0n) is 11.1. The van der Waals surface area contributed by atoms with E-state index in [1.54, 1.807) is 6.20 Å². The van der Waals surface area contributed by atoms with Crippen molar-refractivity contribution in [2.24, 2.45) is 0 Å². The Bertz CT molecular complexity index is 487. The van der Waals surface area contributed by atoms with E-state index in [1.165, 1.54) is 11.3 Å². The number of nitrogens with one attached hydrogen (secondary N) is 2. The zero-order valence-corrected chi connectivity index (χ0v) is 12.0. The van der Waals surface area contributed by atoms with Crippen LogP contribution < -0.4 is 10.6 Å². The Kier molecular flexibility index (Phi) is 6.65. The van der Waals surface area contributed by atoms with Crippen molar-refractivity contribution in [1.82, 2.24) is 15.6 Å². The van der Waals surface area contributed by atoms with Crippen molar-refractivity contribution in [3.8, 4) is 0 Å². The molecule has 8 heteroatoms. The fourth-order valence-corrected chi connectivity index (χ4v) is 2.18. The third kappa shape index (κ3) is 6.28. The van der Waals surface area contributed by atoms with Gasteiger partial charge in [0.1, 0.15) is 5.01 Å². The molecule has 20 heavy (non-hydrogen) atoms. The molecule has 110 valence electrons. The Labute approximate surface area is 120 Å². The van der Waals surface area contributed by atoms with Gasteiger partial charge in [-0.1, -0.05) is 6.92 Å². The fraction of sp³-hybridized carbons (Fsp3) is 0.500. The van der Waals surface area contributed by atoms with E-state index >= 15 is 0 Å². The molecule has 0 saturated heterocycles. The van der Waals surface area contributed by atoms with E-state index in [0.717, 1.165) is 16.3 Å². The number of imide groups is 1. The van der Waals surface area contributed by atoms with Crippen LogP contribution >= 0.6 is 11.3 Å². The molecule has 0 radical (unpaired) electrons. The first-order chi connectivity index (χ1) is 9.51. The number of rotatable bonds is 7. The highest BCUT2D eigenvalue weighted by Crippen LogP contribution is 2.12. The van der Waals surface area contributed by atoms with Gasteiger partial charge in [-0.2, -0.15) is 0 Å². The van der Waals surface area contributed by atoms with Crippen LogP contribution in [0, 0.1) is 0 Å². The van der Waals surface area contributed by atoms with E-state index < -0.39 is 17.9 Å². The van der Waals surface area contributed by atoms with Crippen LogP contribution in [0.1, 0.15) is 36.1 Å². The molecule has 0 aliphatic rings. The maximum atomic E-state index is 11.4. The summed E-state index contributed by atoms with van der Waals surface area (Å²) in [6, 6.07) is -0.599. The lowest BCUT2D eigenvalue weighted by atomic mass is 10.2. The molecule has 0 unspecified atom stereocenters. The van der Waals surface area contributed by atoms with E-state index in [0.29, 0.717) is 0 Å². The first-order valence-electron chi connectivity index (χ1n) is 6.24. The van der Waals surface area contributed by atoms with E-state index in [-0.39, 0.29) is 25.8 Å². The van der Waals surface area contributed by atoms with Gasteiger partial charge in [0, 0.05) is 23.9 Å². The molecule has 0 fully saturated rings. The molecular formula is C12H17N3O4S. The maximum absolute atomic E-state index is 11.4. The van der Waals surface area contributed by atoms with Gasteiger partial charge in [-0.05, 0) is 12.8 Å². The number of aliphatic carboxylic acids is 1. The first kappa shape index (κ1) is 16.1. The van der Waals surface area contributed by atoms with Gasteiger partial charge in [0.15, 0.2) is 0 Å². The average Bonchev–Trinajstić information content (AvgIpc) is 2.83. The second-order valence-electron chi connectivity index (χ2n) is 4.05. The van der Waals surface area contributed by atoms with Crippen molar-refractivity contribution < 1.29 is 19.5 Å². The zero-order chi connectivity index (χ0) is 15.0. The molecule has 0 spiro atoms. The highest BCUT2D eigenvalue weighted by atomic mass is 32.1. The predicted molar refractivity (Wildman–Crippen MR) is 73.4 cm³/mol. The topological polar surface area (TPSA) is 108 Å². The summed E-state index contributed by atoms with van der Waals surface area (Å²) in [4.78, 5) is 38.3. The van der Waals surface area contributed by atoms with Crippen LogP contribution in [0.15, 0.2) is 6.20 Å². The van der Waals surface area contributed by atoms with E-state index in [4.69, 9.17) is 5.11 Å². The second kappa shape index (κ2) is 8.26. The summed E-state index contributed by atoms with van der Waals surface area (Å²) < 4.78 is 0. The van der Waals surface area contributed by atoms with Gasteiger partial charge in [-0.25, -0.2) is 9.78 Å². The molecule has 1 rings (SSSR count). The SMILES string of the molecule is CCc1cnc(CNC(=O)NC(=O)CCCC(=O)O)s1. The lowest BCUT2D eigenvalue weighted by Gasteiger charge is -2.04. The molecule has 7 nitrogen and oxygen atoms in total. The lowest BCUT2D eigenvalue weighted by Crippen LogP contribution is -2.38. The normalized spacial score (nSPS) is 10.1. The molecule has 1 heterocycles. The molecule has 1 aromatic rings. The minimum absolute atomic E-state index is 0.0109. The summed E-state index contributed by atoms with van der Waals surface area (Å²) in [6.45, 7) is 2.28. The van der Waals surface area contributed by atoms with Crippen molar-refractivity contribution in [2.75, 3.05) is 0 Å². The summed E-state index contributed by atoms with van der Waals surface area (Å²) in [7, 11) is 0. The molecule has 0 bridgehead atoms. The Morgan fingerprint density at radius 2 is 2.10 bits per heavy atom. The minimum Gasteiger partial charge on any atom is -0.481 e. The third-order valence-electron chi connectivity index (χ3n) is 2.40. The quantitative estimate of drug-likeness (QED) is 0.703. The summed E-state index contributed by atoms with van der Waals surface area (Å²) >= 11 is 1.51. The highest BCUT2D eigenvalue weighted by Gasteiger charge is 2.09. The van der Waals surface area contributed by atoms with Gasteiger partial charge in [0.2, 0.25) is 5.91 Å². The number of carbonyl (C=O) groups excluding carboxylic acids is 2. The van der Waals surface area contributed by atoms with E-state index in [1.807, 2.05) is 6.92 Å². The van der Waals surface area contributed by atoms with Gasteiger partial charge < -0.3 is 10.4 Å². The molecule has 3 amide bonds. The summed E-state index contributed by atoms with van der Waals surface area (Å²) in [6.07, 6.45) is 2.79. The van der Waals surface area contributed by atoms with Crippen molar-refractivity contribution >= 4 is 29.2 Å². The van der Waals surface area contributed by atoms with Crippen LogP contribution in [-0.4, -0.2) is 28.0 Å². The number of aryl methyl sites for hydroxylation is 1. The van der Waals surface area contributed by atoms with Crippen molar-refractivity contribution in [1.29, 1.82) is 0 Å². The Morgan fingerprint density at radius 3 is 2.70 bits per heavy atom. The van der Waals surface area contributed by atoms with Crippen molar-refractivity contribution in [2.45, 2.75) is 39.2 Å². The number of urea groups is 1. The van der Waals surface area contributed by atoms with Crippen molar-refractivity contribution in [3.63, 3.8) is 0 Å². The molecule has 1 aromatic heterocycles. The molecule has 3 N–H and O–H groups in total. The van der Waals surface area contributed by atoms with Crippen LogP contribution in [0.3, 0.4) is 0 Å². The number of amides is 3. The maximum Gasteiger partial charge on any atom is 0.321 e. The number of thiazole rings is 1. The predicted octanol–water partition coefficient (Wildman–Crippen LogP) is 1.29. The van der Waals surface area contributed by atoms with Crippen LogP contribution in [0.5, 0.6) is 0 Å². The van der Waals surface area contributed by atoms with E-state index in [2.05, 4.69) is 15.6 Å². The summed E-state index contributed by atoms with van der Waals surface area (Å²) in [5, 5.41) is 13.9. The number of nitrogens with zero attached hydrogens (tertiary/aromatic N) is 1. The third-order valence-corrected chi connectivity index (χ3v) is 3.54. The highest BCUT2D eigenvalue weighted by molar-refractivity contribution is 7.11. The smallest absolute Gasteiger partial charge is 0.321 e. The van der Waals surface area contributed by atoms with Gasteiger partial charge >= 0.3 is 12.0 Å². The molecule has 0 atom stereocenters. The standard InChI is InChI=1S/C12H17N3O4S/c1-2-8-6-13-10(20-8)7-14-12(19)15-9(16)4-3-5-11(17)18/h6H,2-5,7H2,1H3,(H,17,18)(H2,14,15,16,19). The molecule has 0 saturated carbocycles. The second-order valence-corrected chi connectivity index (χ2v) is 5.25. The van der Waals surface area contributed by atoms with Crippen LogP contribution in [0.2, 0.25) is 0 Å². The average molecular weight is 299 g/mol. The Morgan fingerprint density at radius 1 is 1.35 bits per heavy atom. The number of hydrogen-bond donors (Lipinski definition) is 3. The number of carboxylic acid groups (broad SMARTS) is 1. The number of hydrogen-bond acceptors (Lipinski definition) is 5. The number of carboxylic acids is 1. The minimum atomic E-state index is -0.960. The number of carbonyl (C=O) groups is 3. The van der Waals surface area contributed by atoms with Gasteiger partial charge in [0.25, 0.3) is 0 Å². The molecule has 0 aromatic carbocycles. The molecular weight excluding hydrogens is 282 g/mol. The monoisotopic (exact) mass is 299 g/mol. The molecule has 0 aliphatic carbocycles. The number of aromatic nitrogens is 1. The fourth-order valence-electron chi connectivity index (χ4n) is 1.38. The summed E-state index contributed by atoms with van der Waals surface area (Å²) in [5.41, 5.74) is 0. The van der Waals surface area contributed by atoms with Gasteiger partial charge in [-0.3, -0.25) is 14.9 Å². The largest absolute Gasteiger partial charge is 0.481 e. The Hall–Kier alpha value is -1.96. The Balaban J connectivity index is 2.22. The van der Waals surface area contributed by atoms with Crippen LogP contribution in [-0.2, 0) is 22.6 Å². The van der Waals surface area contributed by atoms with Gasteiger partial charge in [-0.15, -0.1) is 11.3 Å². The molecule has 0 aliphatic heterocycles. The van der Waals surface area contributed by atoms with E-state index in [9.17, 15) is 14.4 Å². The van der Waals surface area contributed by atoms with Gasteiger partial charge in [0.05, 0.1) is 6.54 Å². The first-order valence-corrected chi connectivity index (χ1v) is 7.06. The van der Waals surface area contributed by atoms with Crippen LogP contribution in [0.25, 0.3) is 0 Å². The lowest BCUT2D eigenvalue weighted by molar-refractivity contribution is -0.137. The summed E-state index contributed by atoms with van der Waals surface area (Å²) in [5.74, 6) is -1.45.